The van der Waals surface area contributed by atoms with Gasteiger partial charge < -0.3 is 0 Å². The van der Waals surface area contributed by atoms with Crippen molar-refractivity contribution in [3.8, 4) is 0 Å². The molecule has 0 aliphatic heterocycles. The Hall–Kier alpha value is -0.520. The molecule has 104 valence electrons. The highest BCUT2D eigenvalue weighted by Crippen LogP contribution is 2.37. The fourth-order valence-electron chi connectivity index (χ4n) is 3.45. The summed E-state index contributed by atoms with van der Waals surface area (Å²) in [6, 6.07) is 0. The van der Waals surface area contributed by atoms with Gasteiger partial charge in [-0.25, -0.2) is 0 Å². The molecule has 0 heterocycles. The van der Waals surface area contributed by atoms with E-state index in [1.165, 1.54) is 44.9 Å². The van der Waals surface area contributed by atoms with E-state index in [9.17, 15) is 0 Å². The second-order valence-electron chi connectivity index (χ2n) is 6.16. The summed E-state index contributed by atoms with van der Waals surface area (Å²) in [4.78, 5) is 0. The predicted molar refractivity (Wildman–Crippen MR) is 82.6 cm³/mol. The average molecular weight is 248 g/mol. The van der Waals surface area contributed by atoms with E-state index in [0.29, 0.717) is 5.92 Å². The van der Waals surface area contributed by atoms with Crippen molar-refractivity contribution in [3.63, 3.8) is 0 Å². The third-order valence-corrected chi connectivity index (χ3v) is 4.87. The van der Waals surface area contributed by atoms with Gasteiger partial charge in [0.05, 0.1) is 0 Å². The first-order valence-corrected chi connectivity index (χ1v) is 7.96. The zero-order valence-electron chi connectivity index (χ0n) is 12.7. The number of hydrogen-bond acceptors (Lipinski definition) is 0. The molecule has 1 rings (SSSR count). The molecular formula is C18H32. The molecule has 0 saturated heterocycles. The molecule has 2 unspecified atom stereocenters. The lowest BCUT2D eigenvalue weighted by molar-refractivity contribution is 0.202. The topological polar surface area (TPSA) is 0 Å². The standard InChI is InChI=1S/C18H32/c1-5-8-16-10-13-18(14-11-16)17(7-3)12-9-15(4)6-2/h5-6,8,15-18H,2,7,9-14H2,1,3-4H3. The maximum absolute atomic E-state index is 3.90. The maximum atomic E-state index is 3.90. The summed E-state index contributed by atoms with van der Waals surface area (Å²) in [5.41, 5.74) is 0. The summed E-state index contributed by atoms with van der Waals surface area (Å²) in [6.07, 6.45) is 16.6. The molecule has 0 aromatic carbocycles. The molecule has 1 aliphatic rings. The van der Waals surface area contributed by atoms with Crippen LogP contribution in [0.3, 0.4) is 0 Å². The van der Waals surface area contributed by atoms with Gasteiger partial charge in [-0.15, -0.1) is 6.58 Å². The van der Waals surface area contributed by atoms with Crippen molar-refractivity contribution in [1.29, 1.82) is 0 Å². The molecule has 0 heteroatoms. The summed E-state index contributed by atoms with van der Waals surface area (Å²) in [7, 11) is 0. The van der Waals surface area contributed by atoms with E-state index in [2.05, 4.69) is 45.6 Å². The summed E-state index contributed by atoms with van der Waals surface area (Å²) in [5.74, 6) is 3.52. The average Bonchev–Trinajstić information content (AvgIpc) is 2.41. The summed E-state index contributed by atoms with van der Waals surface area (Å²) < 4.78 is 0. The van der Waals surface area contributed by atoms with Gasteiger partial charge in [-0.3, -0.25) is 0 Å². The Balaban J connectivity index is 2.35. The second-order valence-corrected chi connectivity index (χ2v) is 6.16. The summed E-state index contributed by atoms with van der Waals surface area (Å²) in [6.45, 7) is 10.7. The minimum Gasteiger partial charge on any atom is -0.103 e. The van der Waals surface area contributed by atoms with Gasteiger partial charge in [0, 0.05) is 0 Å². The van der Waals surface area contributed by atoms with E-state index >= 15 is 0 Å². The van der Waals surface area contributed by atoms with Crippen molar-refractivity contribution >= 4 is 0 Å². The van der Waals surface area contributed by atoms with Crippen LogP contribution in [0.2, 0.25) is 0 Å². The van der Waals surface area contributed by atoms with Gasteiger partial charge in [-0.05, 0) is 69.1 Å². The highest BCUT2D eigenvalue weighted by atomic mass is 14.3. The van der Waals surface area contributed by atoms with Crippen molar-refractivity contribution in [1.82, 2.24) is 0 Å². The van der Waals surface area contributed by atoms with Gasteiger partial charge in [0.15, 0.2) is 0 Å². The Morgan fingerprint density at radius 1 is 1.17 bits per heavy atom. The Morgan fingerprint density at radius 2 is 1.83 bits per heavy atom. The summed E-state index contributed by atoms with van der Waals surface area (Å²) in [5, 5.41) is 0. The lowest BCUT2D eigenvalue weighted by Gasteiger charge is -2.33. The zero-order valence-corrected chi connectivity index (χ0v) is 12.7. The van der Waals surface area contributed by atoms with E-state index in [1.54, 1.807) is 0 Å². The molecule has 18 heavy (non-hydrogen) atoms. The van der Waals surface area contributed by atoms with E-state index in [1.807, 2.05) is 0 Å². The van der Waals surface area contributed by atoms with Gasteiger partial charge in [0.1, 0.15) is 0 Å². The molecule has 0 nitrogen and oxygen atoms in total. The molecule has 1 fully saturated rings. The fraction of sp³-hybridized carbons (Fsp3) is 0.778. The quantitative estimate of drug-likeness (QED) is 0.485. The van der Waals surface area contributed by atoms with E-state index in [0.717, 1.165) is 17.8 Å². The lowest BCUT2D eigenvalue weighted by Crippen LogP contribution is -2.21. The van der Waals surface area contributed by atoms with Crippen molar-refractivity contribution < 1.29 is 0 Å². The largest absolute Gasteiger partial charge is 0.103 e. The van der Waals surface area contributed by atoms with E-state index in [-0.39, 0.29) is 0 Å². The maximum Gasteiger partial charge on any atom is -0.0233 e. The highest BCUT2D eigenvalue weighted by molar-refractivity contribution is 4.90. The van der Waals surface area contributed by atoms with Crippen LogP contribution in [0.25, 0.3) is 0 Å². The number of rotatable bonds is 7. The fourth-order valence-corrected chi connectivity index (χ4v) is 3.45. The molecule has 0 amide bonds. The first-order valence-electron chi connectivity index (χ1n) is 7.96. The van der Waals surface area contributed by atoms with Gasteiger partial charge in [0.2, 0.25) is 0 Å². The van der Waals surface area contributed by atoms with Crippen LogP contribution in [0.5, 0.6) is 0 Å². The molecule has 1 saturated carbocycles. The molecule has 0 N–H and O–H groups in total. The van der Waals surface area contributed by atoms with Crippen LogP contribution in [-0.4, -0.2) is 0 Å². The molecule has 0 bridgehead atoms. The third kappa shape index (κ3) is 5.00. The van der Waals surface area contributed by atoms with Crippen molar-refractivity contribution in [2.45, 2.75) is 65.7 Å². The van der Waals surface area contributed by atoms with Gasteiger partial charge in [-0.1, -0.05) is 38.5 Å². The Labute approximate surface area is 115 Å². The van der Waals surface area contributed by atoms with Crippen molar-refractivity contribution in [2.75, 3.05) is 0 Å². The first-order chi connectivity index (χ1) is 8.71. The molecule has 0 radical (unpaired) electrons. The van der Waals surface area contributed by atoms with Crippen molar-refractivity contribution in [3.05, 3.63) is 24.8 Å². The summed E-state index contributed by atoms with van der Waals surface area (Å²) >= 11 is 0. The van der Waals surface area contributed by atoms with Crippen molar-refractivity contribution in [2.24, 2.45) is 23.7 Å². The smallest absolute Gasteiger partial charge is 0.0233 e. The Morgan fingerprint density at radius 3 is 2.33 bits per heavy atom. The number of hydrogen-bond donors (Lipinski definition) is 0. The third-order valence-electron chi connectivity index (χ3n) is 4.87. The van der Waals surface area contributed by atoms with Crippen LogP contribution < -0.4 is 0 Å². The minimum atomic E-state index is 0.693. The Bertz CT molecular complexity index is 243. The molecule has 0 aromatic heterocycles. The van der Waals surface area contributed by atoms with Crippen LogP contribution in [0, 0.1) is 23.7 Å². The van der Waals surface area contributed by atoms with Gasteiger partial charge >= 0.3 is 0 Å². The number of allylic oxidation sites excluding steroid dienone is 3. The van der Waals surface area contributed by atoms with Gasteiger partial charge in [-0.2, -0.15) is 0 Å². The van der Waals surface area contributed by atoms with Crippen LogP contribution in [0.4, 0.5) is 0 Å². The predicted octanol–water partition coefficient (Wildman–Crippen LogP) is 6.00. The first kappa shape index (κ1) is 15.5. The molecule has 2 atom stereocenters. The molecule has 0 spiro atoms. The minimum absolute atomic E-state index is 0.693. The monoisotopic (exact) mass is 248 g/mol. The zero-order chi connectivity index (χ0) is 13.4. The highest BCUT2D eigenvalue weighted by Gasteiger charge is 2.25. The van der Waals surface area contributed by atoms with Crippen LogP contribution in [-0.2, 0) is 0 Å². The van der Waals surface area contributed by atoms with E-state index in [4.69, 9.17) is 0 Å². The van der Waals surface area contributed by atoms with Crippen LogP contribution in [0.15, 0.2) is 24.8 Å². The van der Waals surface area contributed by atoms with Crippen LogP contribution in [0.1, 0.15) is 65.7 Å². The Kier molecular flexibility index (Phi) is 7.39. The molecule has 1 aliphatic carbocycles. The second kappa shape index (κ2) is 8.56. The SMILES string of the molecule is C=CC(C)CCC(CC)C1CCC(C=CC)CC1. The van der Waals surface area contributed by atoms with Gasteiger partial charge in [0.25, 0.3) is 0 Å². The molecule has 0 aromatic rings. The van der Waals surface area contributed by atoms with Crippen LogP contribution >= 0.6 is 0 Å². The normalized spacial score (nSPS) is 28.2. The van der Waals surface area contributed by atoms with E-state index < -0.39 is 0 Å². The molecular weight excluding hydrogens is 216 g/mol. The lowest BCUT2D eigenvalue weighted by atomic mass is 9.73.